The number of carbonyl (C=O) groups is 1. The molecule has 4 heteroatoms. The molecular formula is C7H11NO3. The van der Waals surface area contributed by atoms with Crippen molar-refractivity contribution in [3.05, 3.63) is 0 Å². The average molecular weight is 157 g/mol. The summed E-state index contributed by atoms with van der Waals surface area (Å²) in [6, 6.07) is 0. The molecule has 4 nitrogen and oxygen atoms in total. The van der Waals surface area contributed by atoms with Crippen LogP contribution in [0, 0.1) is 11.8 Å². The molecule has 2 rings (SSSR count). The molecule has 1 aliphatic carbocycles. The molecular weight excluding hydrogens is 146 g/mol. The zero-order valence-electron chi connectivity index (χ0n) is 6.10. The fourth-order valence-electron chi connectivity index (χ4n) is 2.03. The Morgan fingerprint density at radius 2 is 2.18 bits per heavy atom. The highest BCUT2D eigenvalue weighted by Gasteiger charge is 2.47. The van der Waals surface area contributed by atoms with Crippen LogP contribution in [0.2, 0.25) is 0 Å². The minimum Gasteiger partial charge on any atom is -0.465 e. The summed E-state index contributed by atoms with van der Waals surface area (Å²) < 4.78 is 0. The number of nitrogens with zero attached hydrogens (tertiary/aromatic N) is 1. The van der Waals surface area contributed by atoms with Gasteiger partial charge in [-0.25, -0.2) is 4.79 Å². The third kappa shape index (κ3) is 0.894. The SMILES string of the molecule is O=C(O)N1C[C@H]2C[C@@H](O)[C@H]2C1. The summed E-state index contributed by atoms with van der Waals surface area (Å²) >= 11 is 0. The second-order valence-corrected chi connectivity index (χ2v) is 3.41. The lowest BCUT2D eigenvalue weighted by Gasteiger charge is -2.34. The van der Waals surface area contributed by atoms with E-state index in [0.717, 1.165) is 6.42 Å². The van der Waals surface area contributed by atoms with Gasteiger partial charge in [0.15, 0.2) is 0 Å². The van der Waals surface area contributed by atoms with E-state index in [0.29, 0.717) is 19.0 Å². The van der Waals surface area contributed by atoms with E-state index in [1.807, 2.05) is 0 Å². The van der Waals surface area contributed by atoms with Crippen molar-refractivity contribution in [1.29, 1.82) is 0 Å². The van der Waals surface area contributed by atoms with Crippen LogP contribution >= 0.6 is 0 Å². The first-order valence-corrected chi connectivity index (χ1v) is 3.84. The lowest BCUT2D eigenvalue weighted by molar-refractivity contribution is -0.00426. The first-order chi connectivity index (χ1) is 5.18. The number of amides is 1. The fraction of sp³-hybridized carbons (Fsp3) is 0.857. The van der Waals surface area contributed by atoms with Crippen LogP contribution in [0.4, 0.5) is 4.79 Å². The normalized spacial score (nSPS) is 41.5. The number of carboxylic acid groups (broad SMARTS) is 1. The molecule has 0 bridgehead atoms. The molecule has 1 saturated carbocycles. The van der Waals surface area contributed by atoms with Crippen molar-refractivity contribution in [3.8, 4) is 0 Å². The third-order valence-corrected chi connectivity index (χ3v) is 2.80. The third-order valence-electron chi connectivity index (χ3n) is 2.80. The molecule has 1 aliphatic heterocycles. The topological polar surface area (TPSA) is 60.8 Å². The molecule has 62 valence electrons. The van der Waals surface area contributed by atoms with Crippen molar-refractivity contribution in [2.75, 3.05) is 13.1 Å². The van der Waals surface area contributed by atoms with Gasteiger partial charge in [0.2, 0.25) is 0 Å². The minimum atomic E-state index is -0.855. The van der Waals surface area contributed by atoms with Gasteiger partial charge in [0, 0.05) is 19.0 Å². The van der Waals surface area contributed by atoms with Gasteiger partial charge in [0.05, 0.1) is 6.10 Å². The van der Waals surface area contributed by atoms with E-state index in [2.05, 4.69) is 0 Å². The van der Waals surface area contributed by atoms with Crippen molar-refractivity contribution in [2.45, 2.75) is 12.5 Å². The number of aliphatic hydroxyl groups excluding tert-OH is 1. The lowest BCUT2D eigenvalue weighted by atomic mass is 9.74. The van der Waals surface area contributed by atoms with Crippen LogP contribution in [0.5, 0.6) is 0 Å². The summed E-state index contributed by atoms with van der Waals surface area (Å²) in [5.41, 5.74) is 0. The number of hydrogen-bond donors (Lipinski definition) is 2. The number of rotatable bonds is 0. The number of fused-ring (bicyclic) bond motifs is 1. The Kier molecular flexibility index (Phi) is 1.32. The molecule has 0 radical (unpaired) electrons. The zero-order chi connectivity index (χ0) is 8.01. The van der Waals surface area contributed by atoms with Crippen molar-refractivity contribution >= 4 is 6.09 Å². The van der Waals surface area contributed by atoms with Gasteiger partial charge in [-0.3, -0.25) is 0 Å². The molecule has 1 heterocycles. The van der Waals surface area contributed by atoms with E-state index in [4.69, 9.17) is 5.11 Å². The Morgan fingerprint density at radius 3 is 2.64 bits per heavy atom. The molecule has 11 heavy (non-hydrogen) atoms. The maximum atomic E-state index is 10.5. The van der Waals surface area contributed by atoms with Crippen LogP contribution in [-0.2, 0) is 0 Å². The van der Waals surface area contributed by atoms with Gasteiger partial charge in [-0.1, -0.05) is 0 Å². The van der Waals surface area contributed by atoms with E-state index in [-0.39, 0.29) is 12.0 Å². The van der Waals surface area contributed by atoms with Crippen molar-refractivity contribution < 1.29 is 15.0 Å². The lowest BCUT2D eigenvalue weighted by Crippen LogP contribution is -2.39. The van der Waals surface area contributed by atoms with Gasteiger partial charge in [0.1, 0.15) is 0 Å². The Bertz CT molecular complexity index is 194. The molecule has 1 amide bonds. The maximum Gasteiger partial charge on any atom is 0.407 e. The van der Waals surface area contributed by atoms with Gasteiger partial charge in [-0.05, 0) is 12.3 Å². The molecule has 0 aromatic rings. The zero-order valence-corrected chi connectivity index (χ0v) is 6.10. The first-order valence-electron chi connectivity index (χ1n) is 3.84. The highest BCUT2D eigenvalue weighted by Crippen LogP contribution is 2.40. The van der Waals surface area contributed by atoms with E-state index < -0.39 is 6.09 Å². The largest absolute Gasteiger partial charge is 0.465 e. The fourth-order valence-corrected chi connectivity index (χ4v) is 2.03. The van der Waals surface area contributed by atoms with Gasteiger partial charge in [-0.15, -0.1) is 0 Å². The Morgan fingerprint density at radius 1 is 1.45 bits per heavy atom. The van der Waals surface area contributed by atoms with Crippen LogP contribution in [0.1, 0.15) is 6.42 Å². The number of likely N-dealkylation sites (tertiary alicyclic amines) is 1. The smallest absolute Gasteiger partial charge is 0.407 e. The molecule has 2 N–H and O–H groups in total. The Balaban J connectivity index is 1.98. The number of hydrogen-bond acceptors (Lipinski definition) is 2. The Labute approximate surface area is 64.4 Å². The molecule has 0 aromatic carbocycles. The first kappa shape index (κ1) is 6.91. The van der Waals surface area contributed by atoms with Crippen molar-refractivity contribution in [1.82, 2.24) is 4.90 Å². The van der Waals surface area contributed by atoms with Gasteiger partial charge in [0.25, 0.3) is 0 Å². The van der Waals surface area contributed by atoms with Gasteiger partial charge >= 0.3 is 6.09 Å². The number of aliphatic hydroxyl groups is 1. The summed E-state index contributed by atoms with van der Waals surface area (Å²) in [5.74, 6) is 0.659. The molecule has 0 unspecified atom stereocenters. The predicted octanol–water partition coefficient (Wildman–Crippen LogP) is -0.0230. The standard InChI is InChI=1S/C7H11NO3/c9-6-1-4-2-8(7(10)11)3-5(4)6/h4-6,9H,1-3H2,(H,10,11)/t4-,5+,6-/m1/s1. The Hall–Kier alpha value is -0.770. The van der Waals surface area contributed by atoms with E-state index in [1.165, 1.54) is 4.90 Å². The summed E-state index contributed by atoms with van der Waals surface area (Å²) in [6.45, 7) is 1.15. The van der Waals surface area contributed by atoms with Gasteiger partial charge in [-0.2, -0.15) is 0 Å². The summed E-state index contributed by atoms with van der Waals surface area (Å²) in [5, 5.41) is 17.8. The molecule has 0 spiro atoms. The molecule has 3 atom stereocenters. The van der Waals surface area contributed by atoms with E-state index in [1.54, 1.807) is 0 Å². The molecule has 2 aliphatic rings. The summed E-state index contributed by atoms with van der Waals surface area (Å²) in [4.78, 5) is 11.9. The second-order valence-electron chi connectivity index (χ2n) is 3.41. The minimum absolute atomic E-state index is 0.228. The molecule has 1 saturated heterocycles. The van der Waals surface area contributed by atoms with E-state index >= 15 is 0 Å². The van der Waals surface area contributed by atoms with Crippen LogP contribution in [0.25, 0.3) is 0 Å². The van der Waals surface area contributed by atoms with Crippen LogP contribution in [-0.4, -0.2) is 40.4 Å². The van der Waals surface area contributed by atoms with E-state index in [9.17, 15) is 9.90 Å². The van der Waals surface area contributed by atoms with Crippen LogP contribution < -0.4 is 0 Å². The highest BCUT2D eigenvalue weighted by atomic mass is 16.4. The predicted molar refractivity (Wildman–Crippen MR) is 37.2 cm³/mol. The van der Waals surface area contributed by atoms with Crippen molar-refractivity contribution in [2.24, 2.45) is 11.8 Å². The van der Waals surface area contributed by atoms with Crippen LogP contribution in [0.3, 0.4) is 0 Å². The second kappa shape index (κ2) is 2.11. The van der Waals surface area contributed by atoms with Crippen LogP contribution in [0.15, 0.2) is 0 Å². The van der Waals surface area contributed by atoms with Crippen molar-refractivity contribution in [3.63, 3.8) is 0 Å². The molecule has 2 fully saturated rings. The quantitative estimate of drug-likeness (QED) is 0.519. The highest BCUT2D eigenvalue weighted by molar-refractivity contribution is 5.65. The molecule has 0 aromatic heterocycles. The average Bonchev–Trinajstić information content (AvgIpc) is 2.26. The summed E-state index contributed by atoms with van der Waals surface area (Å²) in [6.07, 6.45) is -0.315. The summed E-state index contributed by atoms with van der Waals surface area (Å²) in [7, 11) is 0. The van der Waals surface area contributed by atoms with Gasteiger partial charge < -0.3 is 15.1 Å². The monoisotopic (exact) mass is 157 g/mol. The maximum absolute atomic E-state index is 10.5.